The Bertz CT molecular complexity index is 1360. The van der Waals surface area contributed by atoms with Crippen LogP contribution in [0, 0.1) is 11.6 Å². The molecule has 2 atom stereocenters. The topological polar surface area (TPSA) is 83.5 Å². The molecule has 3 saturated heterocycles. The molecule has 5 heterocycles. The second-order valence-electron chi connectivity index (χ2n) is 8.36. The Morgan fingerprint density at radius 1 is 1.22 bits per heavy atom. The molecule has 3 aromatic rings. The van der Waals surface area contributed by atoms with Crippen molar-refractivity contribution >= 4 is 45.9 Å². The fourth-order valence-corrected chi connectivity index (χ4v) is 4.87. The molecule has 36 heavy (non-hydrogen) atoms. The van der Waals surface area contributed by atoms with E-state index in [4.69, 9.17) is 11.6 Å². The van der Waals surface area contributed by atoms with Crippen molar-refractivity contribution in [1.82, 2.24) is 19.9 Å². The minimum atomic E-state index is -3.17. The van der Waals surface area contributed by atoms with Gasteiger partial charge in [-0.1, -0.05) is 18.2 Å². The Kier molecular flexibility index (Phi) is 6.29. The van der Waals surface area contributed by atoms with Crippen molar-refractivity contribution in [3.8, 4) is 5.75 Å². The number of benzene rings is 1. The molecular formula is C23H19ClF4N6O2. The number of nitrogens with zero attached hydrogens (tertiary/aromatic N) is 5. The van der Waals surface area contributed by atoms with Gasteiger partial charge in [-0.15, -0.1) is 0 Å². The highest BCUT2D eigenvalue weighted by Gasteiger charge is 2.41. The van der Waals surface area contributed by atoms with Crippen molar-refractivity contribution < 1.29 is 27.1 Å². The lowest BCUT2D eigenvalue weighted by molar-refractivity contribution is -0.131. The van der Waals surface area contributed by atoms with E-state index in [1.54, 1.807) is 4.90 Å². The highest BCUT2D eigenvalue weighted by atomic mass is 35.5. The summed E-state index contributed by atoms with van der Waals surface area (Å²) in [5.41, 5.74) is 0.159. The quantitative estimate of drug-likeness (QED) is 0.372. The third kappa shape index (κ3) is 4.25. The van der Waals surface area contributed by atoms with Crippen LogP contribution in [-0.2, 0) is 4.79 Å². The van der Waals surface area contributed by atoms with Gasteiger partial charge in [-0.2, -0.15) is 8.78 Å². The van der Waals surface area contributed by atoms with Crippen LogP contribution in [0.3, 0.4) is 0 Å². The van der Waals surface area contributed by atoms with Crippen LogP contribution in [0.1, 0.15) is 12.8 Å². The van der Waals surface area contributed by atoms with Crippen LogP contribution in [0.15, 0.2) is 37.2 Å². The Balaban J connectivity index is 1.48. The number of piperidine rings is 2. The number of nitrogens with one attached hydrogen (secondary N) is 1. The number of alkyl halides is 2. The summed E-state index contributed by atoms with van der Waals surface area (Å²) < 4.78 is 59.1. The fraction of sp³-hybridized carbons (Fsp3) is 0.304. The zero-order valence-corrected chi connectivity index (χ0v) is 19.4. The van der Waals surface area contributed by atoms with Crippen molar-refractivity contribution in [2.75, 3.05) is 23.3 Å². The summed E-state index contributed by atoms with van der Waals surface area (Å²) in [6.07, 6.45) is 3.97. The molecule has 3 aliphatic heterocycles. The third-order valence-electron chi connectivity index (χ3n) is 6.32. The predicted octanol–water partition coefficient (Wildman–Crippen LogP) is 4.67. The summed E-state index contributed by atoms with van der Waals surface area (Å²) in [6.45, 7) is 1.19. The van der Waals surface area contributed by atoms with E-state index < -0.39 is 29.0 Å². The third-order valence-corrected chi connectivity index (χ3v) is 6.67. The van der Waals surface area contributed by atoms with E-state index in [-0.39, 0.29) is 46.3 Å². The normalized spacial score (nSPS) is 19.2. The minimum Gasteiger partial charge on any atom is -0.433 e. The van der Waals surface area contributed by atoms with Crippen molar-refractivity contribution in [2.24, 2.45) is 0 Å². The molecule has 2 aromatic heterocycles. The smallest absolute Gasteiger partial charge is 0.387 e. The van der Waals surface area contributed by atoms with Crippen molar-refractivity contribution in [1.29, 1.82) is 0 Å². The van der Waals surface area contributed by atoms with E-state index in [0.29, 0.717) is 13.1 Å². The predicted molar refractivity (Wildman–Crippen MR) is 125 cm³/mol. The maximum atomic E-state index is 15.1. The molecule has 1 amide bonds. The average Bonchev–Trinajstić information content (AvgIpc) is 2.87. The number of ether oxygens (including phenoxy) is 1. The lowest BCUT2D eigenvalue weighted by Gasteiger charge is -2.51. The maximum Gasteiger partial charge on any atom is 0.387 e. The van der Waals surface area contributed by atoms with Crippen LogP contribution in [0.5, 0.6) is 5.75 Å². The molecule has 1 N–H and O–H groups in total. The van der Waals surface area contributed by atoms with Crippen LogP contribution >= 0.6 is 11.6 Å². The Hall–Kier alpha value is -3.67. The number of amides is 1. The number of carbonyl (C=O) groups is 1. The van der Waals surface area contributed by atoms with Gasteiger partial charge < -0.3 is 19.9 Å². The van der Waals surface area contributed by atoms with Crippen LogP contribution in [0.2, 0.25) is 5.02 Å². The van der Waals surface area contributed by atoms with E-state index in [0.717, 1.165) is 31.3 Å². The molecule has 188 valence electrons. The highest BCUT2D eigenvalue weighted by molar-refractivity contribution is 6.32. The molecule has 0 aliphatic carbocycles. The van der Waals surface area contributed by atoms with Crippen molar-refractivity contribution in [2.45, 2.75) is 31.5 Å². The molecule has 3 fully saturated rings. The van der Waals surface area contributed by atoms with Crippen LogP contribution in [-0.4, -0.2) is 57.5 Å². The van der Waals surface area contributed by atoms with E-state index in [9.17, 15) is 18.0 Å². The first-order valence-electron chi connectivity index (χ1n) is 11.0. The molecular weight excluding hydrogens is 504 g/mol. The van der Waals surface area contributed by atoms with Crippen molar-refractivity contribution in [3.05, 3.63) is 53.8 Å². The van der Waals surface area contributed by atoms with E-state index in [1.807, 2.05) is 4.90 Å². The summed E-state index contributed by atoms with van der Waals surface area (Å²) in [6, 6.07) is 3.21. The van der Waals surface area contributed by atoms with Gasteiger partial charge in [-0.3, -0.25) is 4.79 Å². The first kappa shape index (κ1) is 24.0. The van der Waals surface area contributed by atoms with Gasteiger partial charge in [0.15, 0.2) is 23.3 Å². The van der Waals surface area contributed by atoms with Gasteiger partial charge in [0.25, 0.3) is 0 Å². The first-order valence-corrected chi connectivity index (χ1v) is 11.4. The molecule has 8 nitrogen and oxygen atoms in total. The van der Waals surface area contributed by atoms with Gasteiger partial charge in [0.05, 0.1) is 11.2 Å². The number of halogens is 5. The molecule has 2 bridgehead atoms. The SMILES string of the molecule is C=CC(=O)N1C[C@@H]2CC[C@H]1CN2c1nc2c(Nc3ccc(OC(F)F)c(Cl)c3F)ncnc2cc1F. The Morgan fingerprint density at radius 3 is 2.69 bits per heavy atom. The second-order valence-corrected chi connectivity index (χ2v) is 8.74. The lowest BCUT2D eigenvalue weighted by atomic mass is 9.90. The van der Waals surface area contributed by atoms with Crippen LogP contribution in [0.25, 0.3) is 11.0 Å². The number of hydrogen-bond acceptors (Lipinski definition) is 7. The monoisotopic (exact) mass is 522 g/mol. The Morgan fingerprint density at radius 2 is 2.00 bits per heavy atom. The van der Waals surface area contributed by atoms with Gasteiger partial charge in [0.1, 0.15) is 22.6 Å². The minimum absolute atomic E-state index is 0.0596. The molecule has 0 spiro atoms. The van der Waals surface area contributed by atoms with Crippen LogP contribution < -0.4 is 15.0 Å². The van der Waals surface area contributed by atoms with Gasteiger partial charge in [-0.05, 0) is 31.1 Å². The number of hydrogen-bond donors (Lipinski definition) is 1. The molecule has 0 unspecified atom stereocenters. The number of anilines is 3. The molecule has 1 aromatic carbocycles. The summed E-state index contributed by atoms with van der Waals surface area (Å²) in [5, 5.41) is 2.09. The number of rotatable bonds is 6. The fourth-order valence-electron chi connectivity index (χ4n) is 4.66. The zero-order chi connectivity index (χ0) is 25.6. The van der Waals surface area contributed by atoms with E-state index in [2.05, 4.69) is 31.6 Å². The van der Waals surface area contributed by atoms with Gasteiger partial charge in [-0.25, -0.2) is 23.7 Å². The van der Waals surface area contributed by atoms with Gasteiger partial charge >= 0.3 is 6.61 Å². The van der Waals surface area contributed by atoms with Gasteiger partial charge in [0, 0.05) is 31.2 Å². The maximum absolute atomic E-state index is 15.1. The molecule has 0 radical (unpaired) electrons. The molecule has 0 saturated carbocycles. The second kappa shape index (κ2) is 9.41. The number of carbonyl (C=O) groups excluding carboxylic acids is 1. The van der Waals surface area contributed by atoms with E-state index in [1.165, 1.54) is 12.1 Å². The molecule has 6 rings (SSSR count). The number of fused-ring (bicyclic) bond motifs is 4. The van der Waals surface area contributed by atoms with Crippen LogP contribution in [0.4, 0.5) is 34.9 Å². The summed E-state index contributed by atoms with van der Waals surface area (Å²) in [4.78, 5) is 28.4. The highest BCUT2D eigenvalue weighted by Crippen LogP contribution is 2.37. The average molecular weight is 523 g/mol. The summed E-state index contributed by atoms with van der Waals surface area (Å²) in [7, 11) is 0. The zero-order valence-electron chi connectivity index (χ0n) is 18.6. The first-order chi connectivity index (χ1) is 17.3. The number of piperazine rings is 1. The van der Waals surface area contributed by atoms with Gasteiger partial charge in [0.2, 0.25) is 5.91 Å². The summed E-state index contributed by atoms with van der Waals surface area (Å²) in [5.74, 6) is -2.19. The number of pyridine rings is 1. The molecule has 13 heteroatoms. The largest absolute Gasteiger partial charge is 0.433 e. The molecule has 3 aliphatic rings. The number of aromatic nitrogens is 3. The lowest BCUT2D eigenvalue weighted by Crippen LogP contribution is -2.64. The van der Waals surface area contributed by atoms with E-state index >= 15 is 4.39 Å². The summed E-state index contributed by atoms with van der Waals surface area (Å²) >= 11 is 5.84. The van der Waals surface area contributed by atoms with Crippen molar-refractivity contribution in [3.63, 3.8) is 0 Å². The standard InChI is InChI=1S/C23H19ClF4N6O2/c1-2-17(35)33-8-12-4-3-11(33)9-34(12)22-13(25)7-15-20(32-22)21(30-10-29-15)31-14-5-6-16(36-23(27)28)18(24)19(14)26/h2,5-7,10-12,23H,1,3-4,8-9H2,(H,29,30,31)/t11-,12-/m0/s1. The Labute approximate surface area is 207 Å².